The van der Waals surface area contributed by atoms with Crippen molar-refractivity contribution in [1.29, 1.82) is 0 Å². The minimum Gasteiger partial charge on any atom is -0.344 e. The van der Waals surface area contributed by atoms with Gasteiger partial charge >= 0.3 is 0 Å². The summed E-state index contributed by atoms with van der Waals surface area (Å²) in [6.07, 6.45) is 5.37. The molecule has 2 aromatic rings. The van der Waals surface area contributed by atoms with Crippen molar-refractivity contribution in [2.45, 2.75) is 26.2 Å². The summed E-state index contributed by atoms with van der Waals surface area (Å²) in [6, 6.07) is 9.19. The Morgan fingerprint density at radius 3 is 2.58 bits per heavy atom. The van der Waals surface area contributed by atoms with Crippen LogP contribution in [0.4, 0.5) is 5.69 Å². The average molecular weight is 372 g/mol. The Kier molecular flexibility index (Phi) is 5.28. The summed E-state index contributed by atoms with van der Waals surface area (Å²) < 4.78 is 0. The zero-order chi connectivity index (χ0) is 18.7. The molecule has 5 nitrogen and oxygen atoms in total. The van der Waals surface area contributed by atoms with Gasteiger partial charge in [-0.05, 0) is 61.6 Å². The number of carbonyl (C=O) groups excluding carboxylic acids is 2. The Morgan fingerprint density at radius 1 is 1.23 bits per heavy atom. The van der Waals surface area contributed by atoms with Crippen LogP contribution in [0, 0.1) is 12.3 Å². The van der Waals surface area contributed by atoms with Crippen molar-refractivity contribution >= 4 is 29.1 Å². The molecule has 136 valence electrons. The van der Waals surface area contributed by atoms with E-state index in [4.69, 9.17) is 11.6 Å². The van der Waals surface area contributed by atoms with Gasteiger partial charge in [-0.3, -0.25) is 14.6 Å². The molecule has 6 heteroatoms. The third-order valence-electron chi connectivity index (χ3n) is 4.87. The Morgan fingerprint density at radius 2 is 1.92 bits per heavy atom. The molecule has 0 spiro atoms. The molecule has 3 rings (SSSR count). The maximum Gasteiger partial charge on any atom is 0.240 e. The van der Waals surface area contributed by atoms with Gasteiger partial charge in [0.15, 0.2) is 0 Å². The number of rotatable bonds is 6. The molecule has 1 aliphatic rings. The fraction of sp³-hybridized carbons (Fsp3) is 0.350. The van der Waals surface area contributed by atoms with Crippen LogP contribution in [0.25, 0.3) is 0 Å². The summed E-state index contributed by atoms with van der Waals surface area (Å²) in [7, 11) is 1.75. The van der Waals surface area contributed by atoms with Crippen molar-refractivity contribution in [2.24, 2.45) is 5.41 Å². The molecule has 2 amide bonds. The first kappa shape index (κ1) is 18.4. The van der Waals surface area contributed by atoms with E-state index >= 15 is 0 Å². The van der Waals surface area contributed by atoms with E-state index in [1.807, 2.05) is 25.1 Å². The van der Waals surface area contributed by atoms with E-state index in [-0.39, 0.29) is 11.8 Å². The molecule has 0 saturated heterocycles. The number of benzene rings is 1. The van der Waals surface area contributed by atoms with Crippen LogP contribution in [-0.2, 0) is 16.0 Å². The van der Waals surface area contributed by atoms with E-state index in [1.54, 1.807) is 36.5 Å². The minimum absolute atomic E-state index is 0.122. The summed E-state index contributed by atoms with van der Waals surface area (Å²) in [5.74, 6) is -0.368. The van der Waals surface area contributed by atoms with Crippen LogP contribution in [0.1, 0.15) is 24.0 Å². The van der Waals surface area contributed by atoms with Crippen LogP contribution in [0.3, 0.4) is 0 Å². The minimum atomic E-state index is -0.943. The molecule has 1 heterocycles. The Hall–Kier alpha value is -2.40. The van der Waals surface area contributed by atoms with Crippen molar-refractivity contribution in [3.63, 3.8) is 0 Å². The molecule has 1 fully saturated rings. The first-order valence-electron chi connectivity index (χ1n) is 8.64. The van der Waals surface area contributed by atoms with Crippen LogP contribution in [-0.4, -0.2) is 35.3 Å². The van der Waals surface area contributed by atoms with Gasteiger partial charge in [0.25, 0.3) is 0 Å². The maximum absolute atomic E-state index is 12.9. The lowest BCUT2D eigenvalue weighted by molar-refractivity contribution is -0.141. The van der Waals surface area contributed by atoms with Crippen LogP contribution >= 0.6 is 11.6 Å². The van der Waals surface area contributed by atoms with Gasteiger partial charge in [-0.2, -0.15) is 0 Å². The van der Waals surface area contributed by atoms with E-state index in [2.05, 4.69) is 10.3 Å². The Bertz CT molecular complexity index is 819. The number of aromatic nitrogens is 1. The van der Waals surface area contributed by atoms with Gasteiger partial charge in [-0.1, -0.05) is 17.7 Å². The lowest BCUT2D eigenvalue weighted by atomic mass is 10.0. The molecule has 1 aromatic carbocycles. The van der Waals surface area contributed by atoms with Crippen molar-refractivity contribution in [3.05, 3.63) is 58.9 Å². The first-order valence-corrected chi connectivity index (χ1v) is 9.02. The second-order valence-corrected chi connectivity index (χ2v) is 7.26. The standard InChI is InChI=1S/C20H22ClN3O2/c1-14-3-4-16(21)13-17(14)23-18(25)20(8-9-20)19(26)24(2)12-7-15-5-10-22-11-6-15/h3-6,10-11,13H,7-9,12H2,1-2H3,(H,23,25). The van der Waals surface area contributed by atoms with E-state index in [0.717, 1.165) is 17.5 Å². The third-order valence-corrected chi connectivity index (χ3v) is 5.11. The summed E-state index contributed by atoms with van der Waals surface area (Å²) in [6.45, 7) is 2.46. The van der Waals surface area contributed by atoms with Crippen molar-refractivity contribution in [1.82, 2.24) is 9.88 Å². The molecule has 1 saturated carbocycles. The zero-order valence-electron chi connectivity index (χ0n) is 15.0. The number of anilines is 1. The predicted molar refractivity (Wildman–Crippen MR) is 102 cm³/mol. The number of nitrogens with one attached hydrogen (secondary N) is 1. The van der Waals surface area contributed by atoms with Crippen molar-refractivity contribution in [3.8, 4) is 0 Å². The second-order valence-electron chi connectivity index (χ2n) is 6.83. The number of pyridine rings is 1. The lowest BCUT2D eigenvalue weighted by Crippen LogP contribution is -2.42. The number of hydrogen-bond acceptors (Lipinski definition) is 3. The lowest BCUT2D eigenvalue weighted by Gasteiger charge is -2.23. The number of amides is 2. The number of likely N-dealkylation sites (N-methyl/N-ethyl adjacent to an activating group) is 1. The molecular weight excluding hydrogens is 350 g/mol. The molecule has 26 heavy (non-hydrogen) atoms. The van der Waals surface area contributed by atoms with Crippen molar-refractivity contribution in [2.75, 3.05) is 18.9 Å². The highest BCUT2D eigenvalue weighted by Gasteiger charge is 2.57. The highest BCUT2D eigenvalue weighted by Crippen LogP contribution is 2.48. The Balaban J connectivity index is 1.64. The highest BCUT2D eigenvalue weighted by molar-refractivity contribution is 6.31. The van der Waals surface area contributed by atoms with Crippen LogP contribution in [0.2, 0.25) is 5.02 Å². The predicted octanol–water partition coefficient (Wildman–Crippen LogP) is 3.46. The highest BCUT2D eigenvalue weighted by atomic mass is 35.5. The molecule has 1 N–H and O–H groups in total. The van der Waals surface area contributed by atoms with Gasteiger partial charge in [-0.15, -0.1) is 0 Å². The number of halogens is 1. The Labute approximate surface area is 158 Å². The van der Waals surface area contributed by atoms with Gasteiger partial charge < -0.3 is 10.2 Å². The average Bonchev–Trinajstić information content (AvgIpc) is 3.45. The number of carbonyl (C=O) groups is 2. The molecular formula is C20H22ClN3O2. The third kappa shape index (κ3) is 3.88. The van der Waals surface area contributed by atoms with E-state index in [1.165, 1.54) is 0 Å². The molecule has 0 bridgehead atoms. The van der Waals surface area contributed by atoms with Gasteiger partial charge in [0, 0.05) is 36.7 Å². The molecule has 0 atom stereocenters. The second kappa shape index (κ2) is 7.46. The topological polar surface area (TPSA) is 62.3 Å². The quantitative estimate of drug-likeness (QED) is 0.791. The van der Waals surface area contributed by atoms with E-state index in [9.17, 15) is 9.59 Å². The van der Waals surface area contributed by atoms with Gasteiger partial charge in [0.05, 0.1) is 0 Å². The van der Waals surface area contributed by atoms with Crippen LogP contribution in [0.15, 0.2) is 42.7 Å². The molecule has 1 aromatic heterocycles. The normalized spacial score (nSPS) is 14.6. The summed E-state index contributed by atoms with van der Waals surface area (Å²) in [5, 5.41) is 3.44. The summed E-state index contributed by atoms with van der Waals surface area (Å²) in [4.78, 5) is 31.3. The van der Waals surface area contributed by atoms with Crippen LogP contribution < -0.4 is 5.32 Å². The molecule has 0 radical (unpaired) electrons. The van der Waals surface area contributed by atoms with Crippen LogP contribution in [0.5, 0.6) is 0 Å². The van der Waals surface area contributed by atoms with E-state index in [0.29, 0.717) is 30.1 Å². The molecule has 0 aliphatic heterocycles. The first-order chi connectivity index (χ1) is 12.4. The SMILES string of the molecule is Cc1ccc(Cl)cc1NC(=O)C1(C(=O)N(C)CCc2ccncc2)CC1. The zero-order valence-corrected chi connectivity index (χ0v) is 15.7. The van der Waals surface area contributed by atoms with Crippen molar-refractivity contribution < 1.29 is 9.59 Å². The largest absolute Gasteiger partial charge is 0.344 e. The number of aryl methyl sites for hydroxylation is 1. The van der Waals surface area contributed by atoms with Gasteiger partial charge in [0.1, 0.15) is 5.41 Å². The fourth-order valence-corrected chi connectivity index (χ4v) is 3.12. The summed E-state index contributed by atoms with van der Waals surface area (Å²) in [5.41, 5.74) is 1.74. The fourth-order valence-electron chi connectivity index (χ4n) is 2.95. The smallest absolute Gasteiger partial charge is 0.240 e. The summed E-state index contributed by atoms with van der Waals surface area (Å²) >= 11 is 6.01. The van der Waals surface area contributed by atoms with E-state index < -0.39 is 5.41 Å². The number of nitrogens with zero attached hydrogens (tertiary/aromatic N) is 2. The monoisotopic (exact) mass is 371 g/mol. The molecule has 1 aliphatic carbocycles. The van der Waals surface area contributed by atoms with Gasteiger partial charge in [-0.25, -0.2) is 0 Å². The van der Waals surface area contributed by atoms with Gasteiger partial charge in [0.2, 0.25) is 11.8 Å². The number of hydrogen-bond donors (Lipinski definition) is 1. The maximum atomic E-state index is 12.9. The molecule has 0 unspecified atom stereocenters.